The van der Waals surface area contributed by atoms with Crippen molar-refractivity contribution in [2.45, 2.75) is 50.9 Å². The largest absolute Gasteiger partial charge is 0.508 e. The minimum absolute atomic E-state index is 0.0451. The molecule has 0 radical (unpaired) electrons. The van der Waals surface area contributed by atoms with E-state index in [9.17, 15) is 18.6 Å². The maximum Gasteiger partial charge on any atom is 0.214 e. The van der Waals surface area contributed by atoms with E-state index in [0.29, 0.717) is 37.6 Å². The van der Waals surface area contributed by atoms with Gasteiger partial charge in [-0.15, -0.1) is 0 Å². The molecule has 2 N–H and O–H groups in total. The van der Waals surface area contributed by atoms with E-state index in [1.807, 2.05) is 0 Å². The van der Waals surface area contributed by atoms with Crippen molar-refractivity contribution in [3.63, 3.8) is 0 Å². The lowest BCUT2D eigenvalue weighted by molar-refractivity contribution is 0.308. The number of phenolic OH excluding ortho intramolecular Hbond substituents is 2. The number of sulfonamides is 1. The van der Waals surface area contributed by atoms with Crippen molar-refractivity contribution in [1.29, 1.82) is 0 Å². The Kier molecular flexibility index (Phi) is 5.35. The van der Waals surface area contributed by atoms with Crippen molar-refractivity contribution < 1.29 is 18.6 Å². The van der Waals surface area contributed by atoms with Crippen LogP contribution in [0, 0.1) is 5.92 Å². The Hall–Kier alpha value is -1.27. The fourth-order valence-electron chi connectivity index (χ4n) is 4.08. The summed E-state index contributed by atoms with van der Waals surface area (Å²) in [5.41, 5.74) is 0.803. The minimum Gasteiger partial charge on any atom is -0.508 e. The summed E-state index contributed by atoms with van der Waals surface area (Å²) in [6.07, 6.45) is 7.04. The van der Waals surface area contributed by atoms with Gasteiger partial charge in [-0.3, -0.25) is 0 Å². The molecular formula is C18H27NO4S. The van der Waals surface area contributed by atoms with Crippen LogP contribution in [0.25, 0.3) is 0 Å². The van der Waals surface area contributed by atoms with E-state index >= 15 is 0 Å². The molecule has 1 saturated carbocycles. The van der Waals surface area contributed by atoms with Crippen LogP contribution in [-0.4, -0.2) is 41.8 Å². The van der Waals surface area contributed by atoms with Crippen LogP contribution in [0.4, 0.5) is 0 Å². The lowest BCUT2D eigenvalue weighted by atomic mass is 9.89. The number of rotatable bonds is 4. The highest BCUT2D eigenvalue weighted by atomic mass is 32.2. The molecule has 1 heterocycles. The number of nitrogens with zero attached hydrogens (tertiary/aromatic N) is 1. The molecule has 0 amide bonds. The molecule has 0 atom stereocenters. The van der Waals surface area contributed by atoms with Crippen LogP contribution >= 0.6 is 0 Å². The van der Waals surface area contributed by atoms with E-state index in [4.69, 9.17) is 0 Å². The van der Waals surface area contributed by atoms with Crippen molar-refractivity contribution in [2.75, 3.05) is 18.8 Å². The van der Waals surface area contributed by atoms with Gasteiger partial charge in [-0.1, -0.05) is 25.3 Å². The SMILES string of the molecule is O=S(=O)(CC1CCCCC1)N1CCC(c2ccc(O)cc2O)CC1. The average molecular weight is 353 g/mol. The molecule has 1 aliphatic heterocycles. The van der Waals surface area contributed by atoms with Crippen molar-refractivity contribution in [2.24, 2.45) is 5.92 Å². The fourth-order valence-corrected chi connectivity index (χ4v) is 5.99. The molecule has 0 spiro atoms. The van der Waals surface area contributed by atoms with Gasteiger partial charge in [0.05, 0.1) is 5.75 Å². The van der Waals surface area contributed by atoms with E-state index in [-0.39, 0.29) is 17.4 Å². The number of benzene rings is 1. The topological polar surface area (TPSA) is 77.8 Å². The Morgan fingerprint density at radius 3 is 2.29 bits per heavy atom. The molecule has 0 unspecified atom stereocenters. The van der Waals surface area contributed by atoms with E-state index in [1.165, 1.54) is 12.5 Å². The van der Waals surface area contributed by atoms with Gasteiger partial charge in [-0.25, -0.2) is 12.7 Å². The van der Waals surface area contributed by atoms with Crippen LogP contribution in [-0.2, 0) is 10.0 Å². The molecule has 6 heteroatoms. The van der Waals surface area contributed by atoms with Crippen molar-refractivity contribution in [3.8, 4) is 11.5 Å². The van der Waals surface area contributed by atoms with Gasteiger partial charge in [0.2, 0.25) is 10.0 Å². The quantitative estimate of drug-likeness (QED) is 0.871. The molecule has 0 bridgehead atoms. The van der Waals surface area contributed by atoms with Gasteiger partial charge in [0, 0.05) is 19.2 Å². The molecule has 1 aromatic rings. The second-order valence-corrected chi connectivity index (χ2v) is 9.21. The van der Waals surface area contributed by atoms with Gasteiger partial charge in [-0.2, -0.15) is 0 Å². The predicted molar refractivity (Wildman–Crippen MR) is 93.7 cm³/mol. The zero-order valence-electron chi connectivity index (χ0n) is 14.0. The molecule has 24 heavy (non-hydrogen) atoms. The summed E-state index contributed by atoms with van der Waals surface area (Å²) in [5, 5.41) is 19.4. The lowest BCUT2D eigenvalue weighted by Crippen LogP contribution is -2.40. The summed E-state index contributed by atoms with van der Waals surface area (Å²) in [4.78, 5) is 0. The minimum atomic E-state index is -3.17. The number of piperidine rings is 1. The van der Waals surface area contributed by atoms with E-state index in [2.05, 4.69) is 0 Å². The summed E-state index contributed by atoms with van der Waals surface area (Å²) >= 11 is 0. The van der Waals surface area contributed by atoms with Crippen LogP contribution in [0.3, 0.4) is 0 Å². The molecule has 2 fully saturated rings. The highest BCUT2D eigenvalue weighted by molar-refractivity contribution is 7.89. The zero-order valence-corrected chi connectivity index (χ0v) is 14.8. The first-order chi connectivity index (χ1) is 11.5. The first-order valence-corrected chi connectivity index (χ1v) is 10.6. The molecule has 2 aliphatic rings. The molecule has 1 aromatic carbocycles. The second kappa shape index (κ2) is 7.31. The lowest BCUT2D eigenvalue weighted by Gasteiger charge is -2.33. The number of phenols is 2. The number of hydrogen-bond donors (Lipinski definition) is 2. The molecule has 5 nitrogen and oxygen atoms in total. The highest BCUT2D eigenvalue weighted by Gasteiger charge is 2.31. The van der Waals surface area contributed by atoms with Gasteiger partial charge < -0.3 is 10.2 Å². The smallest absolute Gasteiger partial charge is 0.214 e. The zero-order chi connectivity index (χ0) is 17.2. The monoisotopic (exact) mass is 353 g/mol. The Bertz CT molecular complexity index is 660. The van der Waals surface area contributed by atoms with E-state index in [1.54, 1.807) is 16.4 Å². The van der Waals surface area contributed by atoms with Gasteiger partial charge in [0.1, 0.15) is 11.5 Å². The van der Waals surface area contributed by atoms with E-state index < -0.39 is 10.0 Å². The molecule has 3 rings (SSSR count). The van der Waals surface area contributed by atoms with Crippen LogP contribution in [0.1, 0.15) is 56.4 Å². The van der Waals surface area contributed by atoms with Crippen LogP contribution in [0.15, 0.2) is 18.2 Å². The van der Waals surface area contributed by atoms with Gasteiger partial charge in [0.25, 0.3) is 0 Å². The second-order valence-electron chi connectivity index (χ2n) is 7.20. The number of hydrogen-bond acceptors (Lipinski definition) is 4. The third kappa shape index (κ3) is 4.03. The maximum absolute atomic E-state index is 12.7. The summed E-state index contributed by atoms with van der Waals surface area (Å²) in [7, 11) is -3.17. The first-order valence-electron chi connectivity index (χ1n) is 8.95. The fraction of sp³-hybridized carbons (Fsp3) is 0.667. The Labute approximate surface area is 144 Å². The van der Waals surface area contributed by atoms with Crippen molar-refractivity contribution >= 4 is 10.0 Å². The van der Waals surface area contributed by atoms with Crippen molar-refractivity contribution in [3.05, 3.63) is 23.8 Å². The summed E-state index contributed by atoms with van der Waals surface area (Å²) in [6.45, 7) is 1.03. The molecule has 0 aromatic heterocycles. The normalized spacial score (nSPS) is 21.8. The first kappa shape index (κ1) is 17.5. The molecule has 134 valence electrons. The summed E-state index contributed by atoms with van der Waals surface area (Å²) in [6, 6.07) is 4.66. The third-order valence-electron chi connectivity index (χ3n) is 5.47. The Morgan fingerprint density at radius 2 is 1.67 bits per heavy atom. The Balaban J connectivity index is 1.59. The Morgan fingerprint density at radius 1 is 1.00 bits per heavy atom. The maximum atomic E-state index is 12.7. The van der Waals surface area contributed by atoms with Gasteiger partial charge in [-0.05, 0) is 49.1 Å². The van der Waals surface area contributed by atoms with Crippen LogP contribution < -0.4 is 0 Å². The molecule has 1 saturated heterocycles. The van der Waals surface area contributed by atoms with E-state index in [0.717, 1.165) is 31.2 Å². The van der Waals surface area contributed by atoms with Crippen molar-refractivity contribution in [1.82, 2.24) is 4.31 Å². The van der Waals surface area contributed by atoms with Gasteiger partial charge in [0.15, 0.2) is 0 Å². The highest BCUT2D eigenvalue weighted by Crippen LogP contribution is 2.36. The van der Waals surface area contributed by atoms with Crippen LogP contribution in [0.2, 0.25) is 0 Å². The average Bonchev–Trinajstić information content (AvgIpc) is 2.55. The number of aromatic hydroxyl groups is 2. The molecular weight excluding hydrogens is 326 g/mol. The summed E-state index contributed by atoms with van der Waals surface area (Å²) < 4.78 is 26.9. The molecule has 1 aliphatic carbocycles. The van der Waals surface area contributed by atoms with Crippen LogP contribution in [0.5, 0.6) is 11.5 Å². The van der Waals surface area contributed by atoms with Gasteiger partial charge >= 0.3 is 0 Å². The predicted octanol–water partition coefficient (Wildman–Crippen LogP) is 3.19. The third-order valence-corrected chi connectivity index (χ3v) is 7.52. The standard InChI is InChI=1S/C18H27NO4S/c20-16-6-7-17(18(21)12-16)15-8-10-19(11-9-15)24(22,23)13-14-4-2-1-3-5-14/h6-7,12,14-15,20-21H,1-5,8-11,13H2. The summed E-state index contributed by atoms with van der Waals surface area (Å²) in [5.74, 6) is 0.902.